The van der Waals surface area contributed by atoms with Crippen LogP contribution in [0.5, 0.6) is 0 Å². The zero-order valence-electron chi connectivity index (χ0n) is 9.37. The van der Waals surface area contributed by atoms with Crippen LogP contribution in [0.2, 0.25) is 0 Å². The van der Waals surface area contributed by atoms with Gasteiger partial charge in [0.25, 0.3) is 15.9 Å². The maximum atomic E-state index is 11.5. The van der Waals surface area contributed by atoms with Crippen molar-refractivity contribution in [1.29, 1.82) is 0 Å². The Morgan fingerprint density at radius 3 is 2.65 bits per heavy atom. The second kappa shape index (κ2) is 4.00. The summed E-state index contributed by atoms with van der Waals surface area (Å²) in [5, 5.41) is 12.7. The largest absolute Gasteiger partial charge is 0.471 e. The molecule has 9 heteroatoms. The zero-order valence-corrected chi connectivity index (χ0v) is 10.2. The van der Waals surface area contributed by atoms with Crippen LogP contribution in [0.4, 0.5) is 0 Å². The van der Waals surface area contributed by atoms with Crippen LogP contribution in [0.3, 0.4) is 0 Å². The molecule has 0 saturated carbocycles. The van der Waals surface area contributed by atoms with Gasteiger partial charge in [-0.25, -0.2) is 13.6 Å². The summed E-state index contributed by atoms with van der Waals surface area (Å²) in [6.45, 7) is 2.27. The number of aromatic nitrogens is 2. The Bertz CT molecular complexity index is 575. The van der Waals surface area contributed by atoms with Gasteiger partial charge in [0.15, 0.2) is 11.6 Å². The van der Waals surface area contributed by atoms with Gasteiger partial charge in [-0.2, -0.15) is 5.10 Å². The molecule has 1 aliphatic rings. The third-order valence-corrected chi connectivity index (χ3v) is 3.22. The quantitative estimate of drug-likeness (QED) is 0.740. The number of primary sulfonamides is 1. The summed E-state index contributed by atoms with van der Waals surface area (Å²) in [4.78, 5) is 4.86. The lowest BCUT2D eigenvalue weighted by atomic mass is 10.2. The summed E-state index contributed by atoms with van der Waals surface area (Å²) in [5.74, 6) is 0.0888. The van der Waals surface area contributed by atoms with E-state index in [2.05, 4.69) is 10.3 Å². The van der Waals surface area contributed by atoms with Gasteiger partial charge >= 0.3 is 0 Å². The van der Waals surface area contributed by atoms with Crippen molar-refractivity contribution >= 4 is 15.9 Å². The van der Waals surface area contributed by atoms with E-state index in [4.69, 9.17) is 14.7 Å². The monoisotopic (exact) mass is 260 g/mol. The van der Waals surface area contributed by atoms with E-state index in [0.29, 0.717) is 18.9 Å². The number of nitrogens with zero attached hydrogens (tertiary/aromatic N) is 3. The molecule has 0 amide bonds. The molecular formula is C8H12N4O4S. The van der Waals surface area contributed by atoms with Crippen molar-refractivity contribution in [3.8, 4) is 0 Å². The fourth-order valence-electron chi connectivity index (χ4n) is 1.63. The summed E-state index contributed by atoms with van der Waals surface area (Å²) in [7, 11) is -2.42. The highest BCUT2D eigenvalue weighted by Gasteiger charge is 2.28. The molecule has 0 bridgehead atoms. The highest BCUT2D eigenvalue weighted by atomic mass is 32.2. The number of ether oxygens (including phenoxy) is 1. The van der Waals surface area contributed by atoms with Gasteiger partial charge < -0.3 is 9.57 Å². The third-order valence-electron chi connectivity index (χ3n) is 2.21. The fraction of sp³-hybridized carbons (Fsp3) is 0.500. The van der Waals surface area contributed by atoms with E-state index in [0.717, 1.165) is 0 Å². The standard InChI is InChI=1S/C8H12N4O4S/c1-5-6(7-11-16-4-3-15-7)8(12(2)10-5)17(9,13)14/h3-4H2,1-2H3,(H2,9,13,14). The molecule has 1 aromatic heterocycles. The number of sulfonamides is 1. The van der Waals surface area contributed by atoms with Crippen LogP contribution in [0.15, 0.2) is 10.2 Å². The van der Waals surface area contributed by atoms with E-state index in [1.54, 1.807) is 6.92 Å². The zero-order chi connectivity index (χ0) is 12.6. The lowest BCUT2D eigenvalue weighted by molar-refractivity contribution is 0.0653. The smallest absolute Gasteiger partial charge is 0.262 e. The van der Waals surface area contributed by atoms with E-state index in [-0.39, 0.29) is 16.5 Å². The van der Waals surface area contributed by atoms with Crippen LogP contribution in [0.25, 0.3) is 0 Å². The minimum atomic E-state index is -3.91. The van der Waals surface area contributed by atoms with Gasteiger partial charge in [0.2, 0.25) is 0 Å². The summed E-state index contributed by atoms with van der Waals surface area (Å²) < 4.78 is 29.4. The van der Waals surface area contributed by atoms with Gasteiger partial charge in [-0.1, -0.05) is 0 Å². The van der Waals surface area contributed by atoms with Crippen LogP contribution >= 0.6 is 0 Å². The van der Waals surface area contributed by atoms with Crippen molar-refractivity contribution in [2.75, 3.05) is 13.2 Å². The molecule has 94 valence electrons. The van der Waals surface area contributed by atoms with Crippen LogP contribution in [0, 0.1) is 6.92 Å². The van der Waals surface area contributed by atoms with Crippen LogP contribution < -0.4 is 5.14 Å². The van der Waals surface area contributed by atoms with Gasteiger partial charge in [-0.3, -0.25) is 4.68 Å². The SMILES string of the molecule is Cc1nn(C)c(S(N)(=O)=O)c1C1=NOCCO1. The highest BCUT2D eigenvalue weighted by Crippen LogP contribution is 2.20. The average molecular weight is 260 g/mol. The summed E-state index contributed by atoms with van der Waals surface area (Å²) >= 11 is 0. The Hall–Kier alpha value is -1.61. The van der Waals surface area contributed by atoms with Gasteiger partial charge in [-0.15, -0.1) is 0 Å². The van der Waals surface area contributed by atoms with Crippen molar-refractivity contribution in [3.63, 3.8) is 0 Å². The molecular weight excluding hydrogens is 248 g/mol. The topological polar surface area (TPSA) is 109 Å². The summed E-state index contributed by atoms with van der Waals surface area (Å²) in [5.41, 5.74) is 0.704. The Labute approximate surface area is 98.0 Å². The first-order valence-corrected chi connectivity index (χ1v) is 6.35. The normalized spacial score (nSPS) is 16.1. The lowest BCUT2D eigenvalue weighted by Gasteiger charge is -2.13. The number of hydrogen-bond acceptors (Lipinski definition) is 6. The average Bonchev–Trinajstić information content (AvgIpc) is 2.54. The van der Waals surface area contributed by atoms with Gasteiger partial charge in [-0.05, 0) is 12.1 Å². The molecule has 2 heterocycles. The van der Waals surface area contributed by atoms with Crippen molar-refractivity contribution in [3.05, 3.63) is 11.3 Å². The van der Waals surface area contributed by atoms with Gasteiger partial charge in [0.1, 0.15) is 12.2 Å². The minimum Gasteiger partial charge on any atom is -0.471 e. The molecule has 1 aromatic rings. The molecule has 2 rings (SSSR count). The number of rotatable bonds is 2. The molecule has 0 unspecified atom stereocenters. The molecule has 0 fully saturated rings. The first-order chi connectivity index (χ1) is 7.91. The first kappa shape index (κ1) is 11.9. The van der Waals surface area contributed by atoms with Crippen molar-refractivity contribution in [2.45, 2.75) is 11.9 Å². The highest BCUT2D eigenvalue weighted by molar-refractivity contribution is 7.89. The number of hydrogen-bond donors (Lipinski definition) is 1. The van der Waals surface area contributed by atoms with Crippen molar-refractivity contribution < 1.29 is 18.0 Å². The Balaban J connectivity index is 2.64. The molecule has 0 saturated heterocycles. The maximum Gasteiger partial charge on any atom is 0.262 e. The third kappa shape index (κ3) is 2.11. The second-order valence-electron chi connectivity index (χ2n) is 3.51. The summed E-state index contributed by atoms with van der Waals surface area (Å²) in [6.07, 6.45) is 0. The lowest BCUT2D eigenvalue weighted by Crippen LogP contribution is -2.23. The molecule has 1 aliphatic heterocycles. The maximum absolute atomic E-state index is 11.5. The Morgan fingerprint density at radius 1 is 1.41 bits per heavy atom. The number of nitrogens with two attached hydrogens (primary N) is 1. The van der Waals surface area contributed by atoms with E-state index in [9.17, 15) is 8.42 Å². The predicted octanol–water partition coefficient (Wildman–Crippen LogP) is -0.916. The van der Waals surface area contributed by atoms with E-state index in [1.165, 1.54) is 11.7 Å². The molecule has 17 heavy (non-hydrogen) atoms. The van der Waals surface area contributed by atoms with Gasteiger partial charge in [0.05, 0.1) is 5.69 Å². The van der Waals surface area contributed by atoms with Crippen molar-refractivity contribution in [1.82, 2.24) is 9.78 Å². The predicted molar refractivity (Wildman–Crippen MR) is 57.8 cm³/mol. The number of oxime groups is 1. The molecule has 0 aliphatic carbocycles. The minimum absolute atomic E-state index is 0.0888. The molecule has 0 atom stereocenters. The molecule has 0 radical (unpaired) electrons. The molecule has 8 nitrogen and oxygen atoms in total. The Kier molecular flexibility index (Phi) is 2.79. The molecule has 0 spiro atoms. The Morgan fingerprint density at radius 2 is 2.12 bits per heavy atom. The molecule has 0 aromatic carbocycles. The number of aryl methyl sites for hydroxylation is 2. The first-order valence-electron chi connectivity index (χ1n) is 4.81. The van der Waals surface area contributed by atoms with Crippen molar-refractivity contribution in [2.24, 2.45) is 17.3 Å². The van der Waals surface area contributed by atoms with Crippen LogP contribution in [-0.2, 0) is 26.6 Å². The van der Waals surface area contributed by atoms with Crippen LogP contribution in [0.1, 0.15) is 11.3 Å². The second-order valence-corrected chi connectivity index (χ2v) is 4.99. The van der Waals surface area contributed by atoms with E-state index >= 15 is 0 Å². The fourth-order valence-corrected chi connectivity index (χ4v) is 2.56. The van der Waals surface area contributed by atoms with Gasteiger partial charge in [0, 0.05) is 7.05 Å². The van der Waals surface area contributed by atoms with E-state index < -0.39 is 10.0 Å². The summed E-state index contributed by atoms with van der Waals surface area (Å²) in [6, 6.07) is 0. The van der Waals surface area contributed by atoms with Crippen LogP contribution in [-0.4, -0.2) is 37.3 Å². The molecule has 2 N–H and O–H groups in total. The van der Waals surface area contributed by atoms with E-state index in [1.807, 2.05) is 0 Å².